The van der Waals surface area contributed by atoms with Crippen LogP contribution in [0.15, 0.2) is 60.7 Å². The summed E-state index contributed by atoms with van der Waals surface area (Å²) < 4.78 is 11.8. The third-order valence-electron chi connectivity index (χ3n) is 7.85. The van der Waals surface area contributed by atoms with Crippen molar-refractivity contribution in [1.82, 2.24) is 5.32 Å². The molecule has 0 amide bonds. The van der Waals surface area contributed by atoms with Gasteiger partial charge in [0.15, 0.2) is 0 Å². The molecule has 0 aromatic heterocycles. The molecule has 2 fully saturated rings. The molecule has 1 saturated heterocycles. The maximum atomic E-state index is 14.1. The van der Waals surface area contributed by atoms with Crippen molar-refractivity contribution in [2.45, 2.75) is 71.1 Å². The van der Waals surface area contributed by atoms with Crippen LogP contribution in [0.5, 0.6) is 0 Å². The Bertz CT molecular complexity index is 976. The first kappa shape index (κ1) is 25.4. The predicted molar refractivity (Wildman–Crippen MR) is 137 cm³/mol. The van der Waals surface area contributed by atoms with Gasteiger partial charge in [0.1, 0.15) is 12.1 Å². The number of benzene rings is 2. The Kier molecular flexibility index (Phi) is 8.27. The van der Waals surface area contributed by atoms with Gasteiger partial charge in [-0.1, -0.05) is 87.9 Å². The van der Waals surface area contributed by atoms with Gasteiger partial charge in [-0.3, -0.25) is 14.9 Å². The van der Waals surface area contributed by atoms with Crippen molar-refractivity contribution in [2.75, 3.05) is 6.61 Å². The molecule has 2 aromatic carbocycles. The second-order valence-electron chi connectivity index (χ2n) is 10.5. The van der Waals surface area contributed by atoms with E-state index in [1.54, 1.807) is 6.92 Å². The van der Waals surface area contributed by atoms with Crippen LogP contribution in [0.25, 0.3) is 0 Å². The average molecular weight is 478 g/mol. The van der Waals surface area contributed by atoms with Crippen LogP contribution in [0.2, 0.25) is 0 Å². The maximum Gasteiger partial charge on any atom is 0.323 e. The van der Waals surface area contributed by atoms with Crippen molar-refractivity contribution in [3.05, 3.63) is 71.8 Å². The fraction of sp³-hybridized carbons (Fsp3) is 0.533. The molecule has 5 nitrogen and oxygen atoms in total. The molecule has 1 aliphatic heterocycles. The molecule has 35 heavy (non-hydrogen) atoms. The Hall–Kier alpha value is -2.66. The van der Waals surface area contributed by atoms with E-state index in [2.05, 4.69) is 26.1 Å². The molecule has 7 atom stereocenters. The van der Waals surface area contributed by atoms with Crippen molar-refractivity contribution in [2.24, 2.45) is 23.7 Å². The summed E-state index contributed by atoms with van der Waals surface area (Å²) in [4.78, 5) is 27.2. The average Bonchev–Trinajstić information content (AvgIpc) is 3.26. The Morgan fingerprint density at radius 2 is 1.57 bits per heavy atom. The third kappa shape index (κ3) is 5.61. The van der Waals surface area contributed by atoms with Gasteiger partial charge in [0.2, 0.25) is 0 Å². The second-order valence-corrected chi connectivity index (χ2v) is 10.5. The van der Waals surface area contributed by atoms with Crippen LogP contribution in [0.4, 0.5) is 0 Å². The molecule has 0 bridgehead atoms. The lowest BCUT2D eigenvalue weighted by Gasteiger charge is -2.38. The summed E-state index contributed by atoms with van der Waals surface area (Å²) >= 11 is 0. The van der Waals surface area contributed by atoms with Crippen LogP contribution in [-0.2, 0) is 19.1 Å². The Morgan fingerprint density at radius 1 is 0.943 bits per heavy atom. The number of carbonyl (C=O) groups excluding carboxylic acids is 2. The van der Waals surface area contributed by atoms with Gasteiger partial charge in [0.05, 0.1) is 12.5 Å². The van der Waals surface area contributed by atoms with Crippen LogP contribution in [0.3, 0.4) is 0 Å². The lowest BCUT2D eigenvalue weighted by molar-refractivity contribution is -0.162. The minimum atomic E-state index is -0.633. The summed E-state index contributed by atoms with van der Waals surface area (Å²) in [6.07, 6.45) is 3.05. The molecule has 2 aliphatic rings. The predicted octanol–water partition coefficient (Wildman–Crippen LogP) is 5.67. The molecule has 1 N–H and O–H groups in total. The van der Waals surface area contributed by atoms with Gasteiger partial charge < -0.3 is 9.47 Å². The van der Waals surface area contributed by atoms with Crippen LogP contribution in [-0.4, -0.2) is 30.7 Å². The zero-order valence-corrected chi connectivity index (χ0v) is 21.4. The van der Waals surface area contributed by atoms with Crippen LogP contribution >= 0.6 is 0 Å². The Balaban J connectivity index is 1.72. The van der Waals surface area contributed by atoms with E-state index >= 15 is 0 Å². The van der Waals surface area contributed by atoms with E-state index < -0.39 is 12.0 Å². The quantitative estimate of drug-likeness (QED) is 0.521. The highest BCUT2D eigenvalue weighted by Gasteiger charge is 2.52. The summed E-state index contributed by atoms with van der Waals surface area (Å²) in [5.41, 5.74) is 1.91. The van der Waals surface area contributed by atoms with Gasteiger partial charge in [-0.15, -0.1) is 0 Å². The first-order valence-electron chi connectivity index (χ1n) is 13.1. The summed E-state index contributed by atoms with van der Waals surface area (Å²) in [6.45, 7) is 8.77. The van der Waals surface area contributed by atoms with Crippen molar-refractivity contribution in [3.8, 4) is 0 Å². The number of esters is 2. The van der Waals surface area contributed by atoms with Crippen molar-refractivity contribution >= 4 is 11.9 Å². The molecule has 0 spiro atoms. The molecule has 4 rings (SSSR count). The number of hydrogen-bond acceptors (Lipinski definition) is 5. The maximum absolute atomic E-state index is 14.1. The number of carbonyl (C=O) groups is 2. The van der Waals surface area contributed by atoms with Crippen LogP contribution in [0, 0.1) is 23.7 Å². The van der Waals surface area contributed by atoms with Crippen molar-refractivity contribution in [1.29, 1.82) is 0 Å². The third-order valence-corrected chi connectivity index (χ3v) is 7.85. The van der Waals surface area contributed by atoms with E-state index in [1.165, 1.54) is 6.42 Å². The van der Waals surface area contributed by atoms with E-state index in [1.807, 2.05) is 60.7 Å². The fourth-order valence-corrected chi connectivity index (χ4v) is 6.06. The summed E-state index contributed by atoms with van der Waals surface area (Å²) in [7, 11) is 0. The van der Waals surface area contributed by atoms with Crippen LogP contribution < -0.4 is 5.32 Å². The van der Waals surface area contributed by atoms with Gasteiger partial charge in [-0.2, -0.15) is 0 Å². The zero-order valence-electron chi connectivity index (χ0n) is 21.4. The molecule has 5 heteroatoms. The Labute approximate surface area is 209 Å². The van der Waals surface area contributed by atoms with Gasteiger partial charge in [-0.25, -0.2) is 0 Å². The number of ether oxygens (including phenoxy) is 2. The number of rotatable bonds is 7. The van der Waals surface area contributed by atoms with Crippen molar-refractivity contribution in [3.63, 3.8) is 0 Å². The normalized spacial score (nSPS) is 30.7. The first-order valence-corrected chi connectivity index (χ1v) is 13.1. The smallest absolute Gasteiger partial charge is 0.323 e. The number of hydrogen-bond donors (Lipinski definition) is 1. The topological polar surface area (TPSA) is 64.6 Å². The zero-order chi connectivity index (χ0) is 24.9. The monoisotopic (exact) mass is 477 g/mol. The van der Waals surface area contributed by atoms with E-state index in [-0.39, 0.29) is 30.0 Å². The fourth-order valence-electron chi connectivity index (χ4n) is 6.06. The van der Waals surface area contributed by atoms with Crippen LogP contribution in [0.1, 0.15) is 70.0 Å². The highest BCUT2D eigenvalue weighted by atomic mass is 16.5. The largest absolute Gasteiger partial charge is 0.465 e. The molecule has 2 aromatic rings. The van der Waals surface area contributed by atoms with Crippen molar-refractivity contribution < 1.29 is 19.1 Å². The molecule has 188 valence electrons. The minimum Gasteiger partial charge on any atom is -0.465 e. The highest BCUT2D eigenvalue weighted by molar-refractivity contribution is 5.83. The summed E-state index contributed by atoms with van der Waals surface area (Å²) in [5.74, 6) is -0.141. The lowest BCUT2D eigenvalue weighted by atomic mass is 9.75. The van der Waals surface area contributed by atoms with E-state index in [0.717, 1.165) is 24.0 Å². The first-order chi connectivity index (χ1) is 16.9. The molecule has 0 unspecified atom stereocenters. The lowest BCUT2D eigenvalue weighted by Crippen LogP contribution is -2.39. The highest BCUT2D eigenvalue weighted by Crippen LogP contribution is 2.45. The van der Waals surface area contributed by atoms with Gasteiger partial charge in [0, 0.05) is 12.0 Å². The van der Waals surface area contributed by atoms with Gasteiger partial charge >= 0.3 is 11.9 Å². The molecular formula is C30H39NO4. The van der Waals surface area contributed by atoms with E-state index in [4.69, 9.17) is 9.47 Å². The number of nitrogens with one attached hydrogen (secondary N) is 1. The van der Waals surface area contributed by atoms with E-state index in [9.17, 15) is 9.59 Å². The molecule has 1 heterocycles. The molecule has 1 saturated carbocycles. The standard InChI is InChI=1S/C30H39NO4/c1-5-34-30(33)28-25(21-12-8-6-9-13-21)26(27(31-28)22-14-10-7-11-15-22)29(32)35-24-18-20(4)16-17-23(24)19(2)3/h6-15,19-20,23-28,31H,5,16-18H2,1-4H3/t20-,23-,24-,25-,26-,27+,28+/m1/s1. The molecule has 1 aliphatic carbocycles. The molecular weight excluding hydrogens is 438 g/mol. The van der Waals surface area contributed by atoms with Gasteiger partial charge in [-0.05, 0) is 48.6 Å². The summed E-state index contributed by atoms with van der Waals surface area (Å²) in [5, 5.41) is 3.48. The Morgan fingerprint density at radius 3 is 2.17 bits per heavy atom. The van der Waals surface area contributed by atoms with E-state index in [0.29, 0.717) is 24.4 Å². The second kappa shape index (κ2) is 11.4. The summed E-state index contributed by atoms with van der Waals surface area (Å²) in [6, 6.07) is 18.8. The SMILES string of the molecule is CCOC(=O)[C@H]1N[C@@H](c2ccccc2)[C@H](C(=O)O[C@@H]2C[C@H](C)CC[C@@H]2C(C)C)[C@H]1c1ccccc1. The molecule has 0 radical (unpaired) electrons. The minimum absolute atomic E-state index is 0.0965. The van der Waals surface area contributed by atoms with Gasteiger partial charge in [0.25, 0.3) is 0 Å².